The fourth-order valence-corrected chi connectivity index (χ4v) is 1.90. The molecule has 84 valence electrons. The monoisotopic (exact) mass is 210 g/mol. The highest BCUT2D eigenvalue weighted by atomic mass is 16.5. The van der Waals surface area contributed by atoms with E-state index in [-0.39, 0.29) is 6.10 Å². The van der Waals surface area contributed by atoms with Crippen LogP contribution in [0.15, 0.2) is 6.33 Å². The molecular weight excluding hydrogens is 192 g/mol. The first-order valence-electron chi connectivity index (χ1n) is 5.56. The van der Waals surface area contributed by atoms with E-state index in [9.17, 15) is 0 Å². The molecule has 1 saturated heterocycles. The van der Waals surface area contributed by atoms with E-state index in [0.717, 1.165) is 38.6 Å². The zero-order valence-corrected chi connectivity index (χ0v) is 9.39. The normalized spacial score (nSPS) is 23.2. The minimum atomic E-state index is 0.0844. The second kappa shape index (κ2) is 4.72. The summed E-state index contributed by atoms with van der Waals surface area (Å²) in [6.45, 7) is 8.96. The number of likely N-dealkylation sites (N-methyl/N-ethyl adjacent to an activating group) is 1. The van der Waals surface area contributed by atoms with Crippen molar-refractivity contribution < 1.29 is 4.74 Å². The lowest BCUT2D eigenvalue weighted by Gasteiger charge is -2.31. The number of aromatic nitrogens is 3. The van der Waals surface area contributed by atoms with E-state index in [4.69, 9.17) is 4.74 Å². The molecule has 5 nitrogen and oxygen atoms in total. The van der Waals surface area contributed by atoms with Crippen molar-refractivity contribution in [1.29, 1.82) is 0 Å². The van der Waals surface area contributed by atoms with Crippen LogP contribution < -0.4 is 0 Å². The van der Waals surface area contributed by atoms with Gasteiger partial charge in [0.2, 0.25) is 0 Å². The predicted octanol–water partition coefficient (Wildman–Crippen LogP) is 0.691. The molecule has 1 aliphatic rings. The smallest absolute Gasteiger partial charge is 0.163 e. The van der Waals surface area contributed by atoms with E-state index in [2.05, 4.69) is 28.9 Å². The van der Waals surface area contributed by atoms with Gasteiger partial charge in [-0.25, -0.2) is 0 Å². The third-order valence-electron chi connectivity index (χ3n) is 2.87. The molecule has 2 rings (SSSR count). The zero-order chi connectivity index (χ0) is 10.7. The maximum atomic E-state index is 5.73. The molecule has 0 bridgehead atoms. The Morgan fingerprint density at radius 3 is 3.07 bits per heavy atom. The number of morpholine rings is 1. The van der Waals surface area contributed by atoms with Gasteiger partial charge in [-0.1, -0.05) is 6.92 Å². The van der Waals surface area contributed by atoms with Crippen molar-refractivity contribution in [2.24, 2.45) is 0 Å². The molecule has 5 heteroatoms. The summed E-state index contributed by atoms with van der Waals surface area (Å²) in [7, 11) is 0. The van der Waals surface area contributed by atoms with Crippen LogP contribution in [0.4, 0.5) is 0 Å². The summed E-state index contributed by atoms with van der Waals surface area (Å²) >= 11 is 0. The van der Waals surface area contributed by atoms with E-state index in [1.807, 2.05) is 4.57 Å². The maximum absolute atomic E-state index is 5.73. The van der Waals surface area contributed by atoms with E-state index < -0.39 is 0 Å². The fourth-order valence-electron chi connectivity index (χ4n) is 1.90. The first-order chi connectivity index (χ1) is 7.35. The Bertz CT molecular complexity index is 312. The number of hydrogen-bond acceptors (Lipinski definition) is 4. The third kappa shape index (κ3) is 2.18. The van der Waals surface area contributed by atoms with Crippen LogP contribution in [-0.2, 0) is 11.3 Å². The van der Waals surface area contributed by atoms with Crippen molar-refractivity contribution in [1.82, 2.24) is 19.7 Å². The topological polar surface area (TPSA) is 43.2 Å². The van der Waals surface area contributed by atoms with Crippen LogP contribution in [-0.4, -0.2) is 45.9 Å². The Morgan fingerprint density at radius 1 is 1.47 bits per heavy atom. The molecule has 0 amide bonds. The number of aryl methyl sites for hydroxylation is 1. The molecule has 0 aromatic carbocycles. The largest absolute Gasteiger partial charge is 0.368 e. The SMILES string of the molecule is CCN1CCO[C@@H](c2nncn2CC)C1. The van der Waals surface area contributed by atoms with E-state index in [1.165, 1.54) is 0 Å². The summed E-state index contributed by atoms with van der Waals surface area (Å²) in [6.07, 6.45) is 1.85. The van der Waals surface area contributed by atoms with Crippen molar-refractivity contribution in [3.63, 3.8) is 0 Å². The average molecular weight is 210 g/mol. The fraction of sp³-hybridized carbons (Fsp3) is 0.800. The molecule has 1 aromatic rings. The minimum Gasteiger partial charge on any atom is -0.368 e. The first-order valence-corrected chi connectivity index (χ1v) is 5.56. The molecule has 0 radical (unpaired) electrons. The predicted molar refractivity (Wildman–Crippen MR) is 56.5 cm³/mol. The van der Waals surface area contributed by atoms with E-state index >= 15 is 0 Å². The van der Waals surface area contributed by atoms with Crippen molar-refractivity contribution in [3.05, 3.63) is 12.2 Å². The Labute approximate surface area is 90.0 Å². The lowest BCUT2D eigenvalue weighted by atomic mass is 10.2. The lowest BCUT2D eigenvalue weighted by Crippen LogP contribution is -2.38. The standard InChI is InChI=1S/C10H18N4O/c1-3-13-5-6-15-9(7-13)10-12-11-8-14(10)4-2/h8-9H,3-7H2,1-2H3/t9-/m1/s1. The molecule has 2 heterocycles. The van der Waals surface area contributed by atoms with E-state index in [1.54, 1.807) is 6.33 Å². The second-order valence-electron chi connectivity index (χ2n) is 3.73. The van der Waals surface area contributed by atoms with Gasteiger partial charge in [-0.2, -0.15) is 0 Å². The Morgan fingerprint density at radius 2 is 2.33 bits per heavy atom. The highest BCUT2D eigenvalue weighted by Crippen LogP contribution is 2.19. The molecule has 0 aliphatic carbocycles. The summed E-state index contributed by atoms with van der Waals surface area (Å²) in [5, 5.41) is 8.07. The Balaban J connectivity index is 2.09. The summed E-state index contributed by atoms with van der Waals surface area (Å²) < 4.78 is 7.78. The van der Waals surface area contributed by atoms with Crippen molar-refractivity contribution >= 4 is 0 Å². The number of nitrogens with zero attached hydrogens (tertiary/aromatic N) is 4. The van der Waals surface area contributed by atoms with Gasteiger partial charge in [-0.3, -0.25) is 4.90 Å². The molecular formula is C10H18N4O. The summed E-state index contributed by atoms with van der Waals surface area (Å²) in [5.74, 6) is 0.954. The lowest BCUT2D eigenvalue weighted by molar-refractivity contribution is -0.0342. The number of hydrogen-bond donors (Lipinski definition) is 0. The van der Waals surface area contributed by atoms with Crippen molar-refractivity contribution in [3.8, 4) is 0 Å². The third-order valence-corrected chi connectivity index (χ3v) is 2.87. The van der Waals surface area contributed by atoms with Crippen LogP contribution >= 0.6 is 0 Å². The molecule has 1 atom stereocenters. The molecule has 0 N–H and O–H groups in total. The van der Waals surface area contributed by atoms with Gasteiger partial charge in [0.05, 0.1) is 6.61 Å². The second-order valence-corrected chi connectivity index (χ2v) is 3.73. The van der Waals surface area contributed by atoms with Gasteiger partial charge in [0.1, 0.15) is 12.4 Å². The molecule has 15 heavy (non-hydrogen) atoms. The highest BCUT2D eigenvalue weighted by Gasteiger charge is 2.24. The van der Waals surface area contributed by atoms with Crippen LogP contribution in [0.2, 0.25) is 0 Å². The van der Waals surface area contributed by atoms with Gasteiger partial charge in [0.25, 0.3) is 0 Å². The van der Waals surface area contributed by atoms with Gasteiger partial charge in [0.15, 0.2) is 5.82 Å². The summed E-state index contributed by atoms with van der Waals surface area (Å²) in [6, 6.07) is 0. The molecule has 1 aliphatic heterocycles. The number of rotatable bonds is 3. The minimum absolute atomic E-state index is 0.0844. The summed E-state index contributed by atoms with van der Waals surface area (Å²) in [5.41, 5.74) is 0. The van der Waals surface area contributed by atoms with Crippen LogP contribution in [0.25, 0.3) is 0 Å². The first kappa shape index (κ1) is 10.6. The van der Waals surface area contributed by atoms with Crippen molar-refractivity contribution in [2.75, 3.05) is 26.2 Å². The van der Waals surface area contributed by atoms with Gasteiger partial charge >= 0.3 is 0 Å². The average Bonchev–Trinajstić information content (AvgIpc) is 2.77. The van der Waals surface area contributed by atoms with Gasteiger partial charge in [0, 0.05) is 19.6 Å². The van der Waals surface area contributed by atoms with Gasteiger partial charge < -0.3 is 9.30 Å². The van der Waals surface area contributed by atoms with Crippen molar-refractivity contribution in [2.45, 2.75) is 26.5 Å². The summed E-state index contributed by atoms with van der Waals surface area (Å²) in [4.78, 5) is 2.38. The van der Waals surface area contributed by atoms with Crippen LogP contribution in [0, 0.1) is 0 Å². The van der Waals surface area contributed by atoms with Crippen LogP contribution in [0.3, 0.4) is 0 Å². The highest BCUT2D eigenvalue weighted by molar-refractivity contribution is 4.94. The van der Waals surface area contributed by atoms with Gasteiger partial charge in [-0.05, 0) is 13.5 Å². The molecule has 0 saturated carbocycles. The van der Waals surface area contributed by atoms with Crippen LogP contribution in [0.1, 0.15) is 25.8 Å². The molecule has 0 spiro atoms. The quantitative estimate of drug-likeness (QED) is 0.736. The molecule has 0 unspecified atom stereocenters. The number of ether oxygens (including phenoxy) is 1. The molecule has 1 aromatic heterocycles. The van der Waals surface area contributed by atoms with Crippen LogP contribution in [0.5, 0.6) is 0 Å². The van der Waals surface area contributed by atoms with Gasteiger partial charge in [-0.15, -0.1) is 10.2 Å². The van der Waals surface area contributed by atoms with E-state index in [0.29, 0.717) is 0 Å². The Kier molecular flexibility index (Phi) is 3.33. The molecule has 1 fully saturated rings. The maximum Gasteiger partial charge on any atom is 0.163 e. The zero-order valence-electron chi connectivity index (χ0n) is 9.39. The Hall–Kier alpha value is -0.940.